The van der Waals surface area contributed by atoms with Gasteiger partial charge in [-0.1, -0.05) is 29.8 Å². The van der Waals surface area contributed by atoms with Crippen molar-refractivity contribution < 1.29 is 18.0 Å². The molecule has 6 heteroatoms. The predicted molar refractivity (Wildman–Crippen MR) is 55.9 cm³/mol. The number of halogens is 4. The number of carbonyl (C=O) groups is 1. The van der Waals surface area contributed by atoms with Gasteiger partial charge in [-0.2, -0.15) is 13.2 Å². The highest BCUT2D eigenvalue weighted by Crippen LogP contribution is 2.21. The number of nitrogens with one attached hydrogen (secondary N) is 1. The molecule has 1 amide bonds. The molecule has 0 aromatic heterocycles. The molecule has 0 fully saturated rings. The van der Waals surface area contributed by atoms with Gasteiger partial charge in [-0.15, -0.1) is 0 Å². The van der Waals surface area contributed by atoms with E-state index in [-0.39, 0.29) is 5.41 Å². The molecule has 90 valence electrons. The van der Waals surface area contributed by atoms with Gasteiger partial charge in [0.25, 0.3) is 0 Å². The third-order valence-electron chi connectivity index (χ3n) is 1.76. The van der Waals surface area contributed by atoms with Crippen LogP contribution in [0.2, 0.25) is 0 Å². The lowest BCUT2D eigenvalue weighted by atomic mass is 9.97. The molecule has 0 rings (SSSR count). The van der Waals surface area contributed by atoms with Gasteiger partial charge in [0, 0.05) is 18.3 Å². The van der Waals surface area contributed by atoms with Gasteiger partial charge in [0.1, 0.15) is 0 Å². The van der Waals surface area contributed by atoms with E-state index in [4.69, 9.17) is 0 Å². The highest BCUT2D eigenvalue weighted by molar-refractivity contribution is 9.09. The number of amides is 1. The molecule has 0 heterocycles. The first-order valence-electron chi connectivity index (χ1n) is 4.56. The summed E-state index contributed by atoms with van der Waals surface area (Å²) < 4.78 is 35.3. The topological polar surface area (TPSA) is 29.1 Å². The van der Waals surface area contributed by atoms with Crippen LogP contribution in [0.3, 0.4) is 0 Å². The molecule has 0 bridgehead atoms. The van der Waals surface area contributed by atoms with Crippen LogP contribution >= 0.6 is 15.9 Å². The Labute approximate surface area is 95.7 Å². The van der Waals surface area contributed by atoms with Crippen LogP contribution in [0.1, 0.15) is 26.7 Å². The van der Waals surface area contributed by atoms with E-state index >= 15 is 0 Å². The number of hydrogen-bond acceptors (Lipinski definition) is 1. The summed E-state index contributed by atoms with van der Waals surface area (Å²) >= 11 is 3.26. The lowest BCUT2D eigenvalue weighted by Crippen LogP contribution is -2.35. The Bertz CT molecular complexity index is 216. The van der Waals surface area contributed by atoms with Gasteiger partial charge in [0.15, 0.2) is 0 Å². The molecule has 0 atom stereocenters. The second-order valence-corrected chi connectivity index (χ2v) is 4.75. The molecule has 0 aromatic rings. The average Bonchev–Trinajstić information content (AvgIpc) is 2.10. The maximum absolute atomic E-state index is 11.8. The highest BCUT2D eigenvalue weighted by Gasteiger charge is 2.28. The van der Waals surface area contributed by atoms with Crippen molar-refractivity contribution in [2.45, 2.75) is 32.9 Å². The minimum atomic E-state index is -4.26. The van der Waals surface area contributed by atoms with Crippen LogP contribution in [0.15, 0.2) is 0 Å². The van der Waals surface area contributed by atoms with Crippen LogP contribution in [-0.2, 0) is 4.79 Å². The maximum Gasteiger partial charge on any atom is 0.389 e. The summed E-state index contributed by atoms with van der Waals surface area (Å²) in [5.41, 5.74) is -0.145. The molecule has 0 aliphatic heterocycles. The summed E-state index contributed by atoms with van der Waals surface area (Å²) in [6.45, 7) is 4.19. The fourth-order valence-corrected chi connectivity index (χ4v) is 0.927. The molecule has 0 saturated carbocycles. The zero-order valence-corrected chi connectivity index (χ0v) is 10.3. The summed E-state index contributed by atoms with van der Waals surface area (Å²) in [4.78, 5) is 11.0. The first kappa shape index (κ1) is 14.7. The van der Waals surface area contributed by atoms with E-state index in [1.807, 2.05) is 13.8 Å². The molecule has 15 heavy (non-hydrogen) atoms. The van der Waals surface area contributed by atoms with E-state index in [1.165, 1.54) is 0 Å². The molecule has 2 nitrogen and oxygen atoms in total. The smallest absolute Gasteiger partial charge is 0.356 e. The van der Waals surface area contributed by atoms with Crippen LogP contribution in [0.5, 0.6) is 0 Å². The second kappa shape index (κ2) is 5.72. The van der Waals surface area contributed by atoms with Crippen LogP contribution in [0.25, 0.3) is 0 Å². The summed E-state index contributed by atoms with van der Waals surface area (Å²) in [5, 5.41) is 3.16. The molecule has 1 N–H and O–H groups in total. The molecule has 0 spiro atoms. The maximum atomic E-state index is 11.8. The summed E-state index contributed by atoms with van der Waals surface area (Å²) in [6.07, 6.45) is -5.82. The average molecular weight is 290 g/mol. The van der Waals surface area contributed by atoms with Crippen molar-refractivity contribution in [3.05, 3.63) is 0 Å². The summed E-state index contributed by atoms with van der Waals surface area (Å²) in [7, 11) is 0. The standard InChI is InChI=1S/C9H15BrF3NO/c1-8(2,5-10)6-14-7(15)3-4-9(11,12)13/h3-6H2,1-2H3,(H,14,15). The second-order valence-electron chi connectivity index (χ2n) is 4.19. The SMILES string of the molecule is CC(C)(CBr)CNC(=O)CCC(F)(F)F. The van der Waals surface area contributed by atoms with Crippen molar-refractivity contribution in [2.75, 3.05) is 11.9 Å². The zero-order chi connectivity index (χ0) is 12.1. The molecular formula is C9H15BrF3NO. The van der Waals surface area contributed by atoms with Crippen LogP contribution < -0.4 is 5.32 Å². The van der Waals surface area contributed by atoms with E-state index in [1.54, 1.807) is 0 Å². The first-order valence-corrected chi connectivity index (χ1v) is 5.68. The van der Waals surface area contributed by atoms with Crippen molar-refractivity contribution in [2.24, 2.45) is 5.41 Å². The van der Waals surface area contributed by atoms with Crippen molar-refractivity contribution in [3.63, 3.8) is 0 Å². The largest absolute Gasteiger partial charge is 0.389 e. The fraction of sp³-hybridized carbons (Fsp3) is 0.889. The Morgan fingerprint density at radius 1 is 1.33 bits per heavy atom. The monoisotopic (exact) mass is 289 g/mol. The van der Waals surface area contributed by atoms with Gasteiger partial charge in [-0.3, -0.25) is 4.79 Å². The lowest BCUT2D eigenvalue weighted by molar-refractivity contribution is -0.144. The van der Waals surface area contributed by atoms with E-state index in [0.717, 1.165) is 0 Å². The Morgan fingerprint density at radius 3 is 2.27 bits per heavy atom. The van der Waals surface area contributed by atoms with E-state index in [2.05, 4.69) is 21.2 Å². The van der Waals surface area contributed by atoms with E-state index in [9.17, 15) is 18.0 Å². The third kappa shape index (κ3) is 8.72. The molecule has 0 radical (unpaired) electrons. The van der Waals surface area contributed by atoms with Crippen LogP contribution in [-0.4, -0.2) is 24.0 Å². The van der Waals surface area contributed by atoms with Crippen molar-refractivity contribution in [1.29, 1.82) is 0 Å². The van der Waals surface area contributed by atoms with Gasteiger partial charge >= 0.3 is 6.18 Å². The van der Waals surface area contributed by atoms with Gasteiger partial charge in [-0.25, -0.2) is 0 Å². The minimum Gasteiger partial charge on any atom is -0.356 e. The predicted octanol–water partition coefficient (Wildman–Crippen LogP) is 2.87. The highest BCUT2D eigenvalue weighted by atomic mass is 79.9. The van der Waals surface area contributed by atoms with Crippen molar-refractivity contribution in [1.82, 2.24) is 5.32 Å². The molecule has 0 unspecified atom stereocenters. The molecule has 0 saturated heterocycles. The molecule has 0 aliphatic rings. The Morgan fingerprint density at radius 2 is 1.87 bits per heavy atom. The summed E-state index contributed by atoms with van der Waals surface area (Å²) in [6, 6.07) is 0. The van der Waals surface area contributed by atoms with Crippen LogP contribution in [0, 0.1) is 5.41 Å². The first-order chi connectivity index (χ1) is 6.66. The molecular weight excluding hydrogens is 275 g/mol. The van der Waals surface area contributed by atoms with Crippen LogP contribution in [0.4, 0.5) is 13.2 Å². The van der Waals surface area contributed by atoms with Gasteiger partial charge in [-0.05, 0) is 5.41 Å². The normalized spacial score (nSPS) is 12.7. The third-order valence-corrected chi connectivity index (χ3v) is 3.28. The Balaban J connectivity index is 3.77. The molecule has 0 aromatic carbocycles. The zero-order valence-electron chi connectivity index (χ0n) is 8.75. The molecule has 0 aliphatic carbocycles. The van der Waals surface area contributed by atoms with E-state index in [0.29, 0.717) is 11.9 Å². The van der Waals surface area contributed by atoms with Gasteiger partial charge in [0.2, 0.25) is 5.91 Å². The fourth-order valence-electron chi connectivity index (χ4n) is 0.729. The number of carbonyl (C=O) groups excluding carboxylic acids is 1. The number of alkyl halides is 4. The quantitative estimate of drug-likeness (QED) is 0.775. The Hall–Kier alpha value is -0.260. The number of rotatable bonds is 5. The van der Waals surface area contributed by atoms with E-state index < -0.39 is 24.9 Å². The Kier molecular flexibility index (Phi) is 5.62. The van der Waals surface area contributed by atoms with Crippen molar-refractivity contribution in [3.8, 4) is 0 Å². The lowest BCUT2D eigenvalue weighted by Gasteiger charge is -2.21. The van der Waals surface area contributed by atoms with Gasteiger partial charge in [0.05, 0.1) is 6.42 Å². The number of hydrogen-bond donors (Lipinski definition) is 1. The van der Waals surface area contributed by atoms with Gasteiger partial charge < -0.3 is 5.32 Å². The minimum absolute atomic E-state index is 0.145. The van der Waals surface area contributed by atoms with Crippen molar-refractivity contribution >= 4 is 21.8 Å². The summed E-state index contributed by atoms with van der Waals surface area (Å²) in [5.74, 6) is -0.554.